The van der Waals surface area contributed by atoms with Crippen LogP contribution in [-0.4, -0.2) is 47.4 Å². The predicted octanol–water partition coefficient (Wildman–Crippen LogP) is 0.862. The van der Waals surface area contributed by atoms with E-state index >= 15 is 0 Å². The summed E-state index contributed by atoms with van der Waals surface area (Å²) in [5.74, 6) is -1.53. The normalized spacial score (nSPS) is 17.6. The van der Waals surface area contributed by atoms with Crippen molar-refractivity contribution in [1.29, 1.82) is 0 Å². The Hall–Kier alpha value is -1.59. The molecule has 0 spiro atoms. The number of piperidine rings is 1. The zero-order valence-corrected chi connectivity index (χ0v) is 12.2. The van der Waals surface area contributed by atoms with E-state index in [0.717, 1.165) is 6.42 Å². The van der Waals surface area contributed by atoms with E-state index in [1.807, 2.05) is 6.92 Å². The van der Waals surface area contributed by atoms with Gasteiger partial charge in [-0.3, -0.25) is 14.4 Å². The fourth-order valence-corrected chi connectivity index (χ4v) is 2.49. The summed E-state index contributed by atoms with van der Waals surface area (Å²) in [6.45, 7) is 4.85. The van der Waals surface area contributed by atoms with Gasteiger partial charge < -0.3 is 15.3 Å². The summed E-state index contributed by atoms with van der Waals surface area (Å²) in [6, 6.07) is 0. The quantitative estimate of drug-likeness (QED) is 0.757. The molecule has 1 heterocycles. The van der Waals surface area contributed by atoms with E-state index in [9.17, 15) is 14.4 Å². The lowest BCUT2D eigenvalue weighted by Gasteiger charge is -2.30. The van der Waals surface area contributed by atoms with Crippen molar-refractivity contribution in [3.8, 4) is 0 Å². The van der Waals surface area contributed by atoms with Gasteiger partial charge in [0, 0.05) is 32.5 Å². The standard InChI is InChI=1S/C14H24N2O4/c1-3-4-12(14(19)20)9-15-13(18)11-5-7-16(8-6-11)10(2)17/h11-12H,3-9H2,1-2H3,(H,15,18)(H,19,20). The Morgan fingerprint density at radius 1 is 1.30 bits per heavy atom. The Balaban J connectivity index is 2.36. The molecule has 20 heavy (non-hydrogen) atoms. The minimum atomic E-state index is -0.862. The first-order valence-electron chi connectivity index (χ1n) is 7.21. The molecule has 6 nitrogen and oxygen atoms in total. The van der Waals surface area contributed by atoms with Crippen LogP contribution in [0.15, 0.2) is 0 Å². The number of carbonyl (C=O) groups is 3. The maximum absolute atomic E-state index is 12.0. The van der Waals surface area contributed by atoms with Crippen molar-refractivity contribution in [1.82, 2.24) is 10.2 Å². The second-order valence-electron chi connectivity index (χ2n) is 5.35. The van der Waals surface area contributed by atoms with Gasteiger partial charge in [0.15, 0.2) is 0 Å². The third kappa shape index (κ3) is 4.83. The van der Waals surface area contributed by atoms with Gasteiger partial charge >= 0.3 is 5.97 Å². The maximum atomic E-state index is 12.0. The molecule has 1 saturated heterocycles. The second kappa shape index (κ2) is 7.87. The molecule has 1 rings (SSSR count). The first-order chi connectivity index (χ1) is 9.45. The van der Waals surface area contributed by atoms with E-state index in [1.54, 1.807) is 4.90 Å². The smallest absolute Gasteiger partial charge is 0.308 e. The van der Waals surface area contributed by atoms with Gasteiger partial charge in [0.2, 0.25) is 11.8 Å². The Labute approximate surface area is 119 Å². The van der Waals surface area contributed by atoms with E-state index < -0.39 is 11.9 Å². The monoisotopic (exact) mass is 284 g/mol. The van der Waals surface area contributed by atoms with Crippen molar-refractivity contribution in [3.05, 3.63) is 0 Å². The molecular formula is C14H24N2O4. The fraction of sp³-hybridized carbons (Fsp3) is 0.786. The van der Waals surface area contributed by atoms with E-state index in [0.29, 0.717) is 32.4 Å². The molecule has 1 aliphatic heterocycles. The third-order valence-electron chi connectivity index (χ3n) is 3.82. The van der Waals surface area contributed by atoms with Crippen molar-refractivity contribution in [2.24, 2.45) is 11.8 Å². The Kier molecular flexibility index (Phi) is 6.48. The highest BCUT2D eigenvalue weighted by atomic mass is 16.4. The number of carbonyl (C=O) groups excluding carboxylic acids is 2. The van der Waals surface area contributed by atoms with Crippen LogP contribution >= 0.6 is 0 Å². The minimum absolute atomic E-state index is 0.0396. The Morgan fingerprint density at radius 2 is 1.90 bits per heavy atom. The summed E-state index contributed by atoms with van der Waals surface area (Å²) < 4.78 is 0. The first kappa shape index (κ1) is 16.5. The lowest BCUT2D eigenvalue weighted by Crippen LogP contribution is -2.43. The number of rotatable bonds is 6. The molecule has 0 aromatic carbocycles. The highest BCUT2D eigenvalue weighted by molar-refractivity contribution is 5.80. The zero-order chi connectivity index (χ0) is 15.1. The average molecular weight is 284 g/mol. The van der Waals surface area contributed by atoms with Gasteiger partial charge in [-0.2, -0.15) is 0 Å². The molecule has 0 aliphatic carbocycles. The predicted molar refractivity (Wildman–Crippen MR) is 74.0 cm³/mol. The SMILES string of the molecule is CCCC(CNC(=O)C1CCN(C(C)=O)CC1)C(=O)O. The first-order valence-corrected chi connectivity index (χ1v) is 7.21. The van der Waals surface area contributed by atoms with Crippen LogP contribution < -0.4 is 5.32 Å². The molecule has 0 saturated carbocycles. The number of amides is 2. The maximum Gasteiger partial charge on any atom is 0.308 e. The molecule has 1 atom stereocenters. The van der Waals surface area contributed by atoms with Crippen LogP contribution in [0.1, 0.15) is 39.5 Å². The van der Waals surface area contributed by atoms with Crippen molar-refractivity contribution in [2.75, 3.05) is 19.6 Å². The van der Waals surface area contributed by atoms with Gasteiger partial charge in [-0.15, -0.1) is 0 Å². The second-order valence-corrected chi connectivity index (χ2v) is 5.35. The highest BCUT2D eigenvalue weighted by Crippen LogP contribution is 2.17. The van der Waals surface area contributed by atoms with Crippen molar-refractivity contribution < 1.29 is 19.5 Å². The molecule has 114 valence electrons. The number of hydrogen-bond donors (Lipinski definition) is 2. The molecule has 2 N–H and O–H groups in total. The molecule has 6 heteroatoms. The van der Waals surface area contributed by atoms with E-state index in [2.05, 4.69) is 5.32 Å². The summed E-state index contributed by atoms with van der Waals surface area (Å²) >= 11 is 0. The highest BCUT2D eigenvalue weighted by Gasteiger charge is 2.27. The molecular weight excluding hydrogens is 260 g/mol. The number of carboxylic acids is 1. The van der Waals surface area contributed by atoms with Crippen molar-refractivity contribution in [3.63, 3.8) is 0 Å². The van der Waals surface area contributed by atoms with Gasteiger partial charge in [-0.1, -0.05) is 13.3 Å². The molecule has 0 radical (unpaired) electrons. The van der Waals surface area contributed by atoms with Gasteiger partial charge in [-0.25, -0.2) is 0 Å². The third-order valence-corrected chi connectivity index (χ3v) is 3.82. The summed E-state index contributed by atoms with van der Waals surface area (Å²) in [7, 11) is 0. The number of hydrogen-bond acceptors (Lipinski definition) is 3. The number of aliphatic carboxylic acids is 1. The summed E-state index contributed by atoms with van der Waals surface area (Å²) in [5, 5.41) is 11.8. The number of nitrogens with one attached hydrogen (secondary N) is 1. The van der Waals surface area contributed by atoms with Crippen LogP contribution in [0.2, 0.25) is 0 Å². The molecule has 0 bridgehead atoms. The van der Waals surface area contributed by atoms with Crippen LogP contribution in [0.3, 0.4) is 0 Å². The molecule has 1 fully saturated rings. The Morgan fingerprint density at radius 3 is 2.35 bits per heavy atom. The van der Waals surface area contributed by atoms with Gasteiger partial charge in [0.05, 0.1) is 5.92 Å². The van der Waals surface area contributed by atoms with Gasteiger partial charge in [0.25, 0.3) is 0 Å². The van der Waals surface area contributed by atoms with Crippen molar-refractivity contribution >= 4 is 17.8 Å². The van der Waals surface area contributed by atoms with Crippen LogP contribution in [0.25, 0.3) is 0 Å². The number of likely N-dealkylation sites (tertiary alicyclic amines) is 1. The summed E-state index contributed by atoms with van der Waals surface area (Å²) in [5.41, 5.74) is 0. The molecule has 0 aromatic rings. The van der Waals surface area contributed by atoms with Gasteiger partial charge in [-0.05, 0) is 19.3 Å². The minimum Gasteiger partial charge on any atom is -0.481 e. The largest absolute Gasteiger partial charge is 0.481 e. The topological polar surface area (TPSA) is 86.7 Å². The van der Waals surface area contributed by atoms with Crippen LogP contribution in [0, 0.1) is 11.8 Å². The lowest BCUT2D eigenvalue weighted by molar-refractivity contribution is -0.142. The van der Waals surface area contributed by atoms with Crippen molar-refractivity contribution in [2.45, 2.75) is 39.5 Å². The summed E-state index contributed by atoms with van der Waals surface area (Å²) in [6.07, 6.45) is 2.65. The van der Waals surface area contributed by atoms with E-state index in [-0.39, 0.29) is 24.3 Å². The fourth-order valence-electron chi connectivity index (χ4n) is 2.49. The van der Waals surface area contributed by atoms with E-state index in [1.165, 1.54) is 6.92 Å². The van der Waals surface area contributed by atoms with E-state index in [4.69, 9.17) is 5.11 Å². The average Bonchev–Trinajstić information content (AvgIpc) is 2.42. The zero-order valence-electron chi connectivity index (χ0n) is 12.2. The summed E-state index contributed by atoms with van der Waals surface area (Å²) in [4.78, 5) is 35.9. The van der Waals surface area contributed by atoms with Crippen LogP contribution in [0.5, 0.6) is 0 Å². The number of nitrogens with zero attached hydrogens (tertiary/aromatic N) is 1. The molecule has 2 amide bonds. The lowest BCUT2D eigenvalue weighted by atomic mass is 9.95. The Bertz CT molecular complexity index is 362. The van der Waals surface area contributed by atoms with Crippen LogP contribution in [-0.2, 0) is 14.4 Å². The molecule has 0 aromatic heterocycles. The van der Waals surface area contributed by atoms with Crippen LogP contribution in [0.4, 0.5) is 0 Å². The van der Waals surface area contributed by atoms with Gasteiger partial charge in [0.1, 0.15) is 0 Å². The number of carboxylic acid groups (broad SMARTS) is 1. The molecule has 1 aliphatic rings. The molecule has 1 unspecified atom stereocenters.